The maximum Gasteiger partial charge on any atom is 0.408 e. The van der Waals surface area contributed by atoms with Crippen molar-refractivity contribution in [1.29, 1.82) is 0 Å². The van der Waals surface area contributed by atoms with E-state index in [0.717, 1.165) is 10.6 Å². The molecule has 1 aromatic heterocycles. The Balaban J connectivity index is 1.88. The van der Waals surface area contributed by atoms with Gasteiger partial charge in [0.1, 0.15) is 12.6 Å². The molecule has 0 saturated heterocycles. The highest BCUT2D eigenvalue weighted by molar-refractivity contribution is 7.17. The van der Waals surface area contributed by atoms with Crippen LogP contribution in [0, 0.1) is 5.92 Å². The summed E-state index contributed by atoms with van der Waals surface area (Å²) in [5, 5.41) is 3.50. The fourth-order valence-corrected chi connectivity index (χ4v) is 3.39. The molecule has 162 valence electrons. The summed E-state index contributed by atoms with van der Waals surface area (Å²) in [6.45, 7) is 3.97. The molecule has 1 aromatic carbocycles. The monoisotopic (exact) mass is 432 g/mol. The highest BCUT2D eigenvalue weighted by Crippen LogP contribution is 2.23. The summed E-state index contributed by atoms with van der Waals surface area (Å²) in [5.41, 5.74) is 5.63. The molecule has 0 fully saturated rings. The standard InChI is InChI=1S/C21H28N4O4S/c1-14(2)12-16(22-21(28)29-13-15-8-6-5-7-9-15)19(26)23-24-20(27)17-10-11-18(30-17)25(3)4/h5-11,14,16H,12-13H2,1-4H3,(H,22,28)(H,23,26)(H,24,27)/t16-/m0/s1. The number of hydrazine groups is 1. The van der Waals surface area contributed by atoms with Crippen molar-refractivity contribution in [3.8, 4) is 0 Å². The first-order chi connectivity index (χ1) is 14.3. The molecule has 0 aliphatic rings. The van der Waals surface area contributed by atoms with Gasteiger partial charge in [0.05, 0.1) is 9.88 Å². The zero-order valence-electron chi connectivity index (χ0n) is 17.6. The van der Waals surface area contributed by atoms with Crippen LogP contribution < -0.4 is 21.1 Å². The van der Waals surface area contributed by atoms with Crippen molar-refractivity contribution in [2.75, 3.05) is 19.0 Å². The third-order valence-electron chi connectivity index (χ3n) is 4.08. The minimum absolute atomic E-state index is 0.103. The highest BCUT2D eigenvalue weighted by atomic mass is 32.1. The van der Waals surface area contributed by atoms with Crippen molar-refractivity contribution in [2.45, 2.75) is 32.9 Å². The second-order valence-corrected chi connectivity index (χ2v) is 8.43. The average Bonchev–Trinajstić information content (AvgIpc) is 3.21. The Morgan fingerprint density at radius 3 is 2.33 bits per heavy atom. The van der Waals surface area contributed by atoms with Crippen LogP contribution >= 0.6 is 11.3 Å². The Kier molecular flexibility index (Phi) is 8.67. The summed E-state index contributed by atoms with van der Waals surface area (Å²) in [4.78, 5) is 39.3. The lowest BCUT2D eigenvalue weighted by atomic mass is 10.0. The van der Waals surface area contributed by atoms with Crippen LogP contribution in [0.2, 0.25) is 0 Å². The summed E-state index contributed by atoms with van der Waals surface area (Å²) < 4.78 is 5.19. The van der Waals surface area contributed by atoms with E-state index in [-0.39, 0.29) is 12.5 Å². The van der Waals surface area contributed by atoms with Crippen LogP contribution in [0.25, 0.3) is 0 Å². The zero-order valence-corrected chi connectivity index (χ0v) is 18.4. The molecule has 9 heteroatoms. The van der Waals surface area contributed by atoms with Gasteiger partial charge >= 0.3 is 6.09 Å². The topological polar surface area (TPSA) is 99.8 Å². The van der Waals surface area contributed by atoms with Gasteiger partial charge in [-0.2, -0.15) is 0 Å². The number of carbonyl (C=O) groups is 3. The largest absolute Gasteiger partial charge is 0.445 e. The van der Waals surface area contributed by atoms with E-state index in [0.29, 0.717) is 11.3 Å². The number of ether oxygens (including phenoxy) is 1. The molecule has 1 heterocycles. The van der Waals surface area contributed by atoms with Crippen molar-refractivity contribution in [3.63, 3.8) is 0 Å². The first kappa shape index (κ1) is 23.2. The van der Waals surface area contributed by atoms with Gasteiger partial charge in [-0.1, -0.05) is 44.2 Å². The zero-order chi connectivity index (χ0) is 22.1. The number of benzene rings is 1. The number of carbonyl (C=O) groups excluding carboxylic acids is 3. The van der Waals surface area contributed by atoms with Crippen molar-refractivity contribution < 1.29 is 19.1 Å². The lowest BCUT2D eigenvalue weighted by Gasteiger charge is -2.20. The summed E-state index contributed by atoms with van der Waals surface area (Å²) in [6, 6.07) is 11.9. The number of anilines is 1. The molecule has 0 unspecified atom stereocenters. The Morgan fingerprint density at radius 1 is 1.03 bits per heavy atom. The molecule has 3 amide bonds. The van der Waals surface area contributed by atoms with Crippen molar-refractivity contribution in [1.82, 2.24) is 16.2 Å². The lowest BCUT2D eigenvalue weighted by molar-refractivity contribution is -0.124. The van der Waals surface area contributed by atoms with E-state index >= 15 is 0 Å². The van der Waals surface area contributed by atoms with Crippen LogP contribution in [0.1, 0.15) is 35.5 Å². The Bertz CT molecular complexity index is 852. The minimum Gasteiger partial charge on any atom is -0.445 e. The van der Waals surface area contributed by atoms with Crippen molar-refractivity contribution >= 4 is 34.2 Å². The van der Waals surface area contributed by atoms with E-state index in [1.807, 2.05) is 69.2 Å². The minimum atomic E-state index is -0.839. The number of nitrogens with zero attached hydrogens (tertiary/aromatic N) is 1. The first-order valence-electron chi connectivity index (χ1n) is 9.60. The van der Waals surface area contributed by atoms with Gasteiger partial charge in [0.2, 0.25) is 0 Å². The number of hydrogen-bond acceptors (Lipinski definition) is 6. The van der Waals surface area contributed by atoms with Gasteiger partial charge < -0.3 is 15.0 Å². The van der Waals surface area contributed by atoms with Crippen LogP contribution in [-0.4, -0.2) is 38.0 Å². The number of nitrogens with one attached hydrogen (secondary N) is 3. The number of rotatable bonds is 8. The molecule has 0 spiro atoms. The molecule has 8 nitrogen and oxygen atoms in total. The van der Waals surface area contributed by atoms with E-state index in [9.17, 15) is 14.4 Å². The third-order valence-corrected chi connectivity index (χ3v) is 5.34. The van der Waals surface area contributed by atoms with Crippen LogP contribution in [0.5, 0.6) is 0 Å². The Hall–Kier alpha value is -3.07. The van der Waals surface area contributed by atoms with Crippen LogP contribution in [-0.2, 0) is 16.1 Å². The fourth-order valence-electron chi connectivity index (χ4n) is 2.57. The highest BCUT2D eigenvalue weighted by Gasteiger charge is 2.23. The Morgan fingerprint density at radius 2 is 1.73 bits per heavy atom. The second-order valence-electron chi connectivity index (χ2n) is 7.36. The van der Waals surface area contributed by atoms with Crippen LogP contribution in [0.3, 0.4) is 0 Å². The molecule has 30 heavy (non-hydrogen) atoms. The number of hydrogen-bond donors (Lipinski definition) is 3. The average molecular weight is 433 g/mol. The molecule has 2 rings (SSSR count). The van der Waals surface area contributed by atoms with E-state index in [2.05, 4.69) is 16.2 Å². The van der Waals surface area contributed by atoms with Gasteiger partial charge in [-0.25, -0.2) is 4.79 Å². The molecular weight excluding hydrogens is 404 g/mol. The van der Waals surface area contributed by atoms with Crippen LogP contribution in [0.15, 0.2) is 42.5 Å². The van der Waals surface area contributed by atoms with Gasteiger partial charge in [-0.3, -0.25) is 20.4 Å². The maximum atomic E-state index is 12.5. The fraction of sp³-hybridized carbons (Fsp3) is 0.381. The lowest BCUT2D eigenvalue weighted by Crippen LogP contribution is -2.52. The SMILES string of the molecule is CC(C)C[C@H](NC(=O)OCc1ccccc1)C(=O)NNC(=O)c1ccc(N(C)C)s1. The quantitative estimate of drug-likeness (QED) is 0.557. The first-order valence-corrected chi connectivity index (χ1v) is 10.4. The van der Waals surface area contributed by atoms with E-state index in [4.69, 9.17) is 4.74 Å². The van der Waals surface area contributed by atoms with E-state index in [1.54, 1.807) is 6.07 Å². The van der Waals surface area contributed by atoms with E-state index < -0.39 is 23.9 Å². The van der Waals surface area contributed by atoms with Crippen molar-refractivity contribution in [2.24, 2.45) is 5.92 Å². The molecular formula is C21H28N4O4S. The predicted molar refractivity (Wildman–Crippen MR) is 117 cm³/mol. The van der Waals surface area contributed by atoms with Gasteiger partial charge in [0.25, 0.3) is 11.8 Å². The number of amides is 3. The van der Waals surface area contributed by atoms with Gasteiger partial charge in [-0.15, -0.1) is 11.3 Å². The summed E-state index contributed by atoms with van der Waals surface area (Å²) in [5.74, 6) is -0.791. The summed E-state index contributed by atoms with van der Waals surface area (Å²) in [7, 11) is 3.77. The summed E-state index contributed by atoms with van der Waals surface area (Å²) in [6.07, 6.45) is -0.300. The second kappa shape index (κ2) is 11.2. The smallest absolute Gasteiger partial charge is 0.408 e. The van der Waals surface area contributed by atoms with Crippen molar-refractivity contribution in [3.05, 3.63) is 52.9 Å². The van der Waals surface area contributed by atoms with Gasteiger partial charge in [-0.05, 0) is 30.0 Å². The number of alkyl carbamates (subject to hydrolysis) is 1. The molecule has 1 atom stereocenters. The summed E-state index contributed by atoms with van der Waals surface area (Å²) >= 11 is 1.31. The molecule has 2 aromatic rings. The van der Waals surface area contributed by atoms with Crippen LogP contribution in [0.4, 0.5) is 9.80 Å². The molecule has 0 saturated carbocycles. The predicted octanol–water partition coefficient (Wildman–Crippen LogP) is 2.92. The molecule has 3 N–H and O–H groups in total. The maximum absolute atomic E-state index is 12.5. The molecule has 0 aliphatic heterocycles. The molecule has 0 bridgehead atoms. The third kappa shape index (κ3) is 7.40. The number of thiophene rings is 1. The normalized spacial score (nSPS) is 11.5. The molecule has 0 aliphatic carbocycles. The molecule has 0 radical (unpaired) electrons. The van der Waals surface area contributed by atoms with Gasteiger partial charge in [0, 0.05) is 14.1 Å². The Labute approximate surface area is 180 Å². The van der Waals surface area contributed by atoms with Gasteiger partial charge in [0.15, 0.2) is 0 Å². The van der Waals surface area contributed by atoms with E-state index in [1.165, 1.54) is 11.3 Å².